The molecule has 30 heavy (non-hydrogen) atoms. The molecule has 0 N–H and O–H groups in total. The predicted octanol–water partition coefficient (Wildman–Crippen LogP) is 5.04. The zero-order valence-electron chi connectivity index (χ0n) is 15.3. The number of ether oxygens (including phenoxy) is 2. The van der Waals surface area contributed by atoms with Gasteiger partial charge in [-0.05, 0) is 48.0 Å². The third-order valence-electron chi connectivity index (χ3n) is 4.21. The fraction of sp³-hybridized carbons (Fsp3) is 0. The van der Waals surface area contributed by atoms with Crippen molar-refractivity contribution in [3.05, 3.63) is 106 Å². The van der Waals surface area contributed by atoms with Crippen LogP contribution in [-0.4, -0.2) is 17.8 Å². The molecule has 0 bridgehead atoms. The van der Waals surface area contributed by atoms with Crippen LogP contribution in [0.5, 0.6) is 5.75 Å². The third kappa shape index (κ3) is 4.14. The second-order valence-corrected chi connectivity index (χ2v) is 6.66. The van der Waals surface area contributed by atoms with E-state index < -0.39 is 17.8 Å². The molecule has 3 aromatic rings. The molecule has 0 radical (unpaired) electrons. The van der Waals surface area contributed by atoms with E-state index in [9.17, 15) is 14.0 Å². The number of esters is 2. The Bertz CT molecular complexity index is 1200. The molecule has 7 heteroatoms. The summed E-state index contributed by atoms with van der Waals surface area (Å²) in [7, 11) is 0. The summed E-state index contributed by atoms with van der Waals surface area (Å²) in [4.78, 5) is 28.4. The fourth-order valence-electron chi connectivity index (χ4n) is 2.74. The Kier molecular flexibility index (Phi) is 5.41. The summed E-state index contributed by atoms with van der Waals surface area (Å²) in [6, 6.07) is 18.9. The first-order valence-corrected chi connectivity index (χ1v) is 9.23. The molecule has 148 valence electrons. The van der Waals surface area contributed by atoms with Gasteiger partial charge in [0.15, 0.2) is 5.70 Å². The van der Waals surface area contributed by atoms with Crippen molar-refractivity contribution in [3.63, 3.8) is 0 Å². The van der Waals surface area contributed by atoms with Gasteiger partial charge in [0, 0.05) is 0 Å². The number of carbonyl (C=O) groups excluding carboxylic acids is 2. The number of nitrogens with zero attached hydrogens (tertiary/aromatic N) is 1. The first kappa shape index (κ1) is 19.5. The van der Waals surface area contributed by atoms with E-state index in [1.807, 2.05) is 0 Å². The molecule has 5 nitrogen and oxygen atoms in total. The van der Waals surface area contributed by atoms with Gasteiger partial charge in [0.2, 0.25) is 5.90 Å². The maximum absolute atomic E-state index is 13.9. The number of carbonyl (C=O) groups is 2. The number of halogens is 2. The van der Waals surface area contributed by atoms with E-state index in [-0.39, 0.29) is 22.7 Å². The van der Waals surface area contributed by atoms with Crippen molar-refractivity contribution < 1.29 is 23.5 Å². The summed E-state index contributed by atoms with van der Waals surface area (Å²) in [5.74, 6) is -1.57. The van der Waals surface area contributed by atoms with Crippen LogP contribution in [0.15, 0.2) is 83.5 Å². The van der Waals surface area contributed by atoms with Crippen LogP contribution in [0.25, 0.3) is 6.08 Å². The van der Waals surface area contributed by atoms with Crippen LogP contribution in [-0.2, 0) is 9.53 Å². The van der Waals surface area contributed by atoms with Crippen LogP contribution in [0, 0.1) is 5.82 Å². The Labute approximate surface area is 176 Å². The minimum absolute atomic E-state index is 0.0362. The smallest absolute Gasteiger partial charge is 0.363 e. The van der Waals surface area contributed by atoms with E-state index in [1.54, 1.807) is 54.6 Å². The highest BCUT2D eigenvalue weighted by atomic mass is 35.5. The van der Waals surface area contributed by atoms with E-state index >= 15 is 0 Å². The van der Waals surface area contributed by atoms with Gasteiger partial charge in [0.05, 0.1) is 16.1 Å². The molecule has 3 aromatic carbocycles. The molecule has 0 amide bonds. The van der Waals surface area contributed by atoms with E-state index in [1.165, 1.54) is 24.3 Å². The lowest BCUT2D eigenvalue weighted by atomic mass is 10.2. The molecule has 0 aromatic heterocycles. The Hall–Kier alpha value is -3.77. The molecule has 1 heterocycles. The molecule has 1 aliphatic rings. The van der Waals surface area contributed by atoms with Crippen molar-refractivity contribution in [2.45, 2.75) is 0 Å². The van der Waals surface area contributed by atoms with Crippen molar-refractivity contribution in [2.24, 2.45) is 4.99 Å². The zero-order chi connectivity index (χ0) is 21.1. The average molecular weight is 422 g/mol. The SMILES string of the molecule is O=C1OC(c2ccccc2F)=N/C1=C\c1ccc(OC(=O)c2ccccc2Cl)cc1. The van der Waals surface area contributed by atoms with Crippen LogP contribution in [0.4, 0.5) is 4.39 Å². The Morgan fingerprint density at radius 1 is 1.00 bits per heavy atom. The van der Waals surface area contributed by atoms with Gasteiger partial charge in [-0.1, -0.05) is 48.0 Å². The molecule has 0 atom stereocenters. The van der Waals surface area contributed by atoms with Crippen LogP contribution < -0.4 is 4.74 Å². The summed E-state index contributed by atoms with van der Waals surface area (Å²) >= 11 is 6.00. The van der Waals surface area contributed by atoms with E-state index in [2.05, 4.69) is 4.99 Å². The maximum Gasteiger partial charge on any atom is 0.363 e. The summed E-state index contributed by atoms with van der Waals surface area (Å²) in [5, 5.41) is 0.298. The number of rotatable bonds is 4. The van der Waals surface area contributed by atoms with E-state index in [0.717, 1.165) is 0 Å². The van der Waals surface area contributed by atoms with Crippen LogP contribution >= 0.6 is 11.6 Å². The van der Waals surface area contributed by atoms with Crippen LogP contribution in [0.1, 0.15) is 21.5 Å². The third-order valence-corrected chi connectivity index (χ3v) is 4.54. The van der Waals surface area contributed by atoms with Gasteiger partial charge in [-0.25, -0.2) is 19.0 Å². The van der Waals surface area contributed by atoms with Crippen molar-refractivity contribution in [2.75, 3.05) is 0 Å². The van der Waals surface area contributed by atoms with Crippen molar-refractivity contribution in [3.8, 4) is 5.75 Å². The van der Waals surface area contributed by atoms with Gasteiger partial charge in [0.25, 0.3) is 0 Å². The second kappa shape index (κ2) is 8.31. The van der Waals surface area contributed by atoms with E-state index in [4.69, 9.17) is 21.1 Å². The van der Waals surface area contributed by atoms with Gasteiger partial charge in [0.1, 0.15) is 11.6 Å². The molecule has 0 fully saturated rings. The molecule has 4 rings (SSSR count). The van der Waals surface area contributed by atoms with Gasteiger partial charge < -0.3 is 9.47 Å². The summed E-state index contributed by atoms with van der Waals surface area (Å²) in [6.45, 7) is 0. The lowest BCUT2D eigenvalue weighted by molar-refractivity contribution is -0.129. The standard InChI is InChI=1S/C23H13ClFNO4/c24-18-7-3-1-5-16(18)22(27)29-15-11-9-14(10-12-15)13-20-23(28)30-21(26-20)17-6-2-4-8-19(17)25/h1-13H/b20-13-. The highest BCUT2D eigenvalue weighted by Gasteiger charge is 2.25. The fourth-order valence-corrected chi connectivity index (χ4v) is 2.95. The quantitative estimate of drug-likeness (QED) is 0.336. The minimum atomic E-state index is -0.678. The Balaban J connectivity index is 1.51. The first-order chi connectivity index (χ1) is 14.5. The average Bonchev–Trinajstić information content (AvgIpc) is 3.10. The monoisotopic (exact) mass is 421 g/mol. The molecular formula is C23H13ClFNO4. The van der Waals surface area contributed by atoms with E-state index in [0.29, 0.717) is 16.3 Å². The maximum atomic E-state index is 13.9. The summed E-state index contributed by atoms with van der Waals surface area (Å²) in [6.07, 6.45) is 1.50. The van der Waals surface area contributed by atoms with Crippen LogP contribution in [0.2, 0.25) is 5.02 Å². The number of aliphatic imine (C=N–C) groups is 1. The molecule has 0 spiro atoms. The summed E-state index contributed by atoms with van der Waals surface area (Å²) < 4.78 is 24.3. The Morgan fingerprint density at radius 3 is 2.43 bits per heavy atom. The van der Waals surface area contributed by atoms with Crippen molar-refractivity contribution >= 4 is 35.5 Å². The second-order valence-electron chi connectivity index (χ2n) is 6.25. The molecule has 0 unspecified atom stereocenters. The largest absolute Gasteiger partial charge is 0.423 e. The van der Waals surface area contributed by atoms with Gasteiger partial charge >= 0.3 is 11.9 Å². The lowest BCUT2D eigenvalue weighted by Gasteiger charge is -2.06. The minimum Gasteiger partial charge on any atom is -0.423 e. The predicted molar refractivity (Wildman–Crippen MR) is 110 cm³/mol. The highest BCUT2D eigenvalue weighted by Crippen LogP contribution is 2.23. The van der Waals surface area contributed by atoms with Gasteiger partial charge in [-0.3, -0.25) is 0 Å². The van der Waals surface area contributed by atoms with Gasteiger partial charge in [-0.15, -0.1) is 0 Å². The molecule has 0 aliphatic carbocycles. The molecular weight excluding hydrogens is 409 g/mol. The normalized spacial score (nSPS) is 14.4. The Morgan fingerprint density at radius 2 is 1.70 bits per heavy atom. The highest BCUT2D eigenvalue weighted by molar-refractivity contribution is 6.33. The molecule has 0 saturated heterocycles. The number of benzene rings is 3. The topological polar surface area (TPSA) is 65.0 Å². The lowest BCUT2D eigenvalue weighted by Crippen LogP contribution is -2.08. The first-order valence-electron chi connectivity index (χ1n) is 8.85. The van der Waals surface area contributed by atoms with Gasteiger partial charge in [-0.2, -0.15) is 0 Å². The summed E-state index contributed by atoms with van der Waals surface area (Å²) in [5.41, 5.74) is 1.03. The van der Waals surface area contributed by atoms with Crippen molar-refractivity contribution in [1.29, 1.82) is 0 Å². The number of cyclic esters (lactones) is 1. The number of hydrogen-bond donors (Lipinski definition) is 0. The van der Waals surface area contributed by atoms with Crippen LogP contribution in [0.3, 0.4) is 0 Å². The zero-order valence-corrected chi connectivity index (χ0v) is 16.1. The molecule has 1 aliphatic heterocycles. The number of hydrogen-bond acceptors (Lipinski definition) is 5. The van der Waals surface area contributed by atoms with Crippen molar-refractivity contribution in [1.82, 2.24) is 0 Å². The molecule has 0 saturated carbocycles.